The number of nitrogens with zero attached hydrogens (tertiary/aromatic N) is 2. The summed E-state index contributed by atoms with van der Waals surface area (Å²) in [6, 6.07) is 66.8. The van der Waals surface area contributed by atoms with E-state index in [0.29, 0.717) is 0 Å². The largest absolute Gasteiger partial charge is 0.454 e. The highest BCUT2D eigenvalue weighted by Gasteiger charge is 2.38. The van der Waals surface area contributed by atoms with Crippen molar-refractivity contribution >= 4 is 138 Å². The maximum absolute atomic E-state index is 6.98. The minimum absolute atomic E-state index is 0.203. The normalized spacial score (nSPS) is 14.5. The van der Waals surface area contributed by atoms with Gasteiger partial charge in [-0.15, -0.1) is 0 Å². The van der Waals surface area contributed by atoms with Gasteiger partial charge < -0.3 is 27.5 Å². The lowest BCUT2D eigenvalue weighted by atomic mass is 9.72. The number of rotatable bonds is 8. The van der Waals surface area contributed by atoms with Crippen molar-refractivity contribution in [3.05, 3.63) is 222 Å². The first-order chi connectivity index (χ1) is 37.4. The first-order valence-corrected chi connectivity index (χ1v) is 26.6. The number of allylic oxidation sites excluding steroid dienone is 2. The summed E-state index contributed by atoms with van der Waals surface area (Å²) in [6.07, 6.45) is 5.83. The van der Waals surface area contributed by atoms with E-state index < -0.39 is 0 Å². The van der Waals surface area contributed by atoms with Crippen LogP contribution in [0.1, 0.15) is 55.9 Å². The van der Waals surface area contributed by atoms with E-state index in [4.69, 9.17) is 17.7 Å². The van der Waals surface area contributed by atoms with Crippen molar-refractivity contribution in [2.24, 2.45) is 5.92 Å². The Morgan fingerprint density at radius 3 is 1.28 bits per heavy atom. The molecule has 2 aliphatic rings. The van der Waals surface area contributed by atoms with E-state index in [1.807, 2.05) is 12.1 Å². The Balaban J connectivity index is 1.00. The van der Waals surface area contributed by atoms with Gasteiger partial charge in [0, 0.05) is 48.5 Å². The molecule has 0 bridgehead atoms. The molecule has 76 heavy (non-hydrogen) atoms. The van der Waals surface area contributed by atoms with Crippen LogP contribution in [0.5, 0.6) is 0 Å². The molecule has 0 fully saturated rings. The van der Waals surface area contributed by atoms with Gasteiger partial charge in [-0.2, -0.15) is 0 Å². The second kappa shape index (κ2) is 16.1. The number of para-hydroxylation sites is 8. The molecule has 0 N–H and O–H groups in total. The number of benzene rings is 10. The molecule has 0 aliphatic heterocycles. The van der Waals surface area contributed by atoms with Gasteiger partial charge in [0.05, 0.1) is 34.5 Å². The van der Waals surface area contributed by atoms with E-state index in [-0.39, 0.29) is 17.9 Å². The molecule has 1 atom stereocenters. The van der Waals surface area contributed by atoms with E-state index in [0.717, 1.165) is 123 Å². The number of hydrogen-bond acceptors (Lipinski definition) is 6. The van der Waals surface area contributed by atoms with Crippen molar-refractivity contribution in [2.75, 3.05) is 9.80 Å². The van der Waals surface area contributed by atoms with Gasteiger partial charge in [0.15, 0.2) is 22.3 Å². The molecule has 4 heterocycles. The Morgan fingerprint density at radius 1 is 0.408 bits per heavy atom. The van der Waals surface area contributed by atoms with Crippen LogP contribution in [0.3, 0.4) is 0 Å². The smallest absolute Gasteiger partial charge is 0.159 e. The van der Waals surface area contributed by atoms with Gasteiger partial charge in [0.1, 0.15) is 22.3 Å². The monoisotopic (exact) mass is 982 g/mol. The van der Waals surface area contributed by atoms with E-state index in [9.17, 15) is 0 Å². The molecule has 364 valence electrons. The first kappa shape index (κ1) is 43.2. The van der Waals surface area contributed by atoms with E-state index in [2.05, 4.69) is 226 Å². The molecule has 6 heteroatoms. The van der Waals surface area contributed by atoms with Crippen molar-refractivity contribution in [1.82, 2.24) is 0 Å². The molecule has 14 aromatic rings. The molecule has 1 unspecified atom stereocenters. The number of fused-ring (bicyclic) bond motifs is 12. The van der Waals surface area contributed by atoms with Gasteiger partial charge in [-0.3, -0.25) is 0 Å². The second-order valence-electron chi connectivity index (χ2n) is 21.3. The lowest BCUT2D eigenvalue weighted by Gasteiger charge is -2.41. The molecule has 2 aliphatic carbocycles. The second-order valence-corrected chi connectivity index (χ2v) is 21.3. The maximum atomic E-state index is 6.98. The third-order valence-electron chi connectivity index (χ3n) is 16.5. The summed E-state index contributed by atoms with van der Waals surface area (Å²) < 4.78 is 27.9. The summed E-state index contributed by atoms with van der Waals surface area (Å²) in [5, 5.41) is 11.1. The fourth-order valence-electron chi connectivity index (χ4n) is 13.2. The summed E-state index contributed by atoms with van der Waals surface area (Å²) in [5.41, 5.74) is 19.5. The molecule has 4 aromatic heterocycles. The molecule has 0 amide bonds. The Kier molecular flexibility index (Phi) is 9.16. The highest BCUT2D eigenvalue weighted by molar-refractivity contribution is 6.19. The summed E-state index contributed by atoms with van der Waals surface area (Å²) in [7, 11) is 0. The molecule has 0 radical (unpaired) electrons. The van der Waals surface area contributed by atoms with Gasteiger partial charge in [0.2, 0.25) is 0 Å². The molecule has 0 spiro atoms. The fourth-order valence-corrected chi connectivity index (χ4v) is 13.2. The van der Waals surface area contributed by atoms with Crippen LogP contribution in [0.2, 0.25) is 0 Å². The van der Waals surface area contributed by atoms with Crippen molar-refractivity contribution in [3.8, 4) is 0 Å². The number of anilines is 5. The van der Waals surface area contributed by atoms with E-state index in [1.165, 1.54) is 44.2 Å². The van der Waals surface area contributed by atoms with Crippen LogP contribution in [0.4, 0.5) is 28.4 Å². The zero-order chi connectivity index (χ0) is 50.5. The molecule has 6 nitrogen and oxygen atoms in total. The minimum atomic E-state index is -0.253. The molecular weight excluding hydrogens is 933 g/mol. The number of hydrogen-bond donors (Lipinski definition) is 0. The predicted octanol–water partition coefficient (Wildman–Crippen LogP) is 20.2. The van der Waals surface area contributed by atoms with Gasteiger partial charge in [-0.05, 0) is 112 Å². The fraction of sp³-hybridized carbons (Fsp3) is 0.114. The van der Waals surface area contributed by atoms with Crippen LogP contribution in [0, 0.1) is 5.92 Å². The predicted molar refractivity (Wildman–Crippen MR) is 315 cm³/mol. The molecule has 16 rings (SSSR count). The third-order valence-corrected chi connectivity index (χ3v) is 16.5. The van der Waals surface area contributed by atoms with Crippen LogP contribution in [0.25, 0.3) is 110 Å². The Bertz CT molecular complexity index is 4610. The highest BCUT2D eigenvalue weighted by Crippen LogP contribution is 2.55. The average molecular weight is 983 g/mol. The van der Waals surface area contributed by atoms with Crippen LogP contribution in [-0.4, -0.2) is 6.04 Å². The van der Waals surface area contributed by atoms with Crippen molar-refractivity contribution in [1.29, 1.82) is 0 Å². The topological polar surface area (TPSA) is 59.0 Å². The quantitative estimate of drug-likeness (QED) is 0.151. The highest BCUT2D eigenvalue weighted by atomic mass is 16.3. The molecule has 10 aromatic carbocycles. The number of furan rings is 4. The summed E-state index contributed by atoms with van der Waals surface area (Å²) in [6.45, 7) is 9.35. The van der Waals surface area contributed by atoms with Crippen LogP contribution in [0.15, 0.2) is 218 Å². The Morgan fingerprint density at radius 2 is 0.829 bits per heavy atom. The average Bonchev–Trinajstić information content (AvgIpc) is 4.35. The zero-order valence-corrected chi connectivity index (χ0v) is 42.5. The zero-order valence-electron chi connectivity index (χ0n) is 42.5. The maximum Gasteiger partial charge on any atom is 0.159 e. The van der Waals surface area contributed by atoms with Gasteiger partial charge >= 0.3 is 0 Å². The third kappa shape index (κ3) is 6.04. The molecular formula is C70H50N2O4. The molecule has 0 saturated heterocycles. The van der Waals surface area contributed by atoms with Crippen LogP contribution >= 0.6 is 0 Å². The van der Waals surface area contributed by atoms with E-state index >= 15 is 0 Å². The minimum Gasteiger partial charge on any atom is -0.454 e. The summed E-state index contributed by atoms with van der Waals surface area (Å²) >= 11 is 0. The van der Waals surface area contributed by atoms with E-state index in [1.54, 1.807) is 0 Å². The van der Waals surface area contributed by atoms with Gasteiger partial charge in [0.25, 0.3) is 0 Å². The van der Waals surface area contributed by atoms with Crippen molar-refractivity contribution < 1.29 is 17.7 Å². The first-order valence-electron chi connectivity index (χ1n) is 26.6. The van der Waals surface area contributed by atoms with Crippen LogP contribution < -0.4 is 9.80 Å². The van der Waals surface area contributed by atoms with Gasteiger partial charge in [-0.25, -0.2) is 0 Å². The summed E-state index contributed by atoms with van der Waals surface area (Å²) in [4.78, 5) is 4.95. The lowest BCUT2D eigenvalue weighted by Crippen LogP contribution is -2.34. The SMILES string of the molecule is CC(C)C1=CC(N(c2cccc3c2oc2ccccc23)c2cccc3c2oc2ccccc23)C2=CCc3c(C(C)C)cc(N(c4cccc5c4oc4ccccc45)c4cccc5c4oc4ccccc45)c4ccc1c2c34. The van der Waals surface area contributed by atoms with Gasteiger partial charge in [-0.1, -0.05) is 173 Å². The Hall–Kier alpha value is -9.26. The summed E-state index contributed by atoms with van der Waals surface area (Å²) in [5.74, 6) is 0.414. The standard InChI is InChI=1S/C70H50N2O4/c1-39(2)53-37-59(71(55-25-13-21-47-41-17-5-9-29-61(41)73-67(47)55)56-26-14-22-48-42-18-6-10-30-62(42)74-68(48)56)51-36-34-46-54(40(3)4)38-60(52-35-33-45(53)65(51)66(46)52)72(57-27-15-23-49-43-19-7-11-31-63(43)75-69(49)57)58-28-16-24-50-44-20-8-12-32-64(44)76-70(50)58/h5-33,35-40,59H,34H2,1-4H3. The lowest BCUT2D eigenvalue weighted by molar-refractivity contribution is 0.662. The Labute approximate surface area is 437 Å². The molecule has 0 saturated carbocycles. The van der Waals surface area contributed by atoms with Crippen molar-refractivity contribution in [2.45, 2.75) is 46.1 Å². The van der Waals surface area contributed by atoms with Crippen molar-refractivity contribution in [3.63, 3.8) is 0 Å². The van der Waals surface area contributed by atoms with Crippen LogP contribution in [-0.2, 0) is 6.42 Å².